The number of anilines is 2. The molecule has 1 saturated heterocycles. The first-order valence-corrected chi connectivity index (χ1v) is 12.3. The summed E-state index contributed by atoms with van der Waals surface area (Å²) < 4.78 is 0. The van der Waals surface area contributed by atoms with Crippen LogP contribution >= 0.6 is 23.4 Å². The van der Waals surface area contributed by atoms with Crippen LogP contribution in [0, 0.1) is 22.7 Å². The second-order valence-corrected chi connectivity index (χ2v) is 9.63. The molecule has 2 aliphatic rings. The number of nitrogens with two attached hydrogens (primary N) is 2. The Hall–Kier alpha value is -3.10. The van der Waals surface area contributed by atoms with E-state index >= 15 is 0 Å². The zero-order chi connectivity index (χ0) is 24.7. The van der Waals surface area contributed by atoms with E-state index in [0.29, 0.717) is 36.3 Å². The van der Waals surface area contributed by atoms with E-state index in [1.165, 1.54) is 18.0 Å². The molecular weight excluding hydrogens is 474 g/mol. The van der Waals surface area contributed by atoms with Crippen LogP contribution in [0.4, 0.5) is 11.8 Å². The van der Waals surface area contributed by atoms with Crippen LogP contribution in [0.1, 0.15) is 38.2 Å². The molecule has 34 heavy (non-hydrogen) atoms. The fraction of sp³-hybridized carbons (Fsp3) is 0.455. The van der Waals surface area contributed by atoms with Crippen LogP contribution in [-0.4, -0.2) is 57.0 Å². The van der Waals surface area contributed by atoms with Gasteiger partial charge in [0.2, 0.25) is 5.95 Å². The molecular formula is C22H28ClN9OS. The number of aromatic nitrogens is 2. The van der Waals surface area contributed by atoms with Crippen molar-refractivity contribution in [2.75, 3.05) is 30.7 Å². The van der Waals surface area contributed by atoms with Gasteiger partial charge in [-0.15, -0.1) is 11.8 Å². The second-order valence-electron chi connectivity index (χ2n) is 7.96. The molecule has 0 aromatic carbocycles. The molecule has 0 radical (unpaired) electrons. The van der Waals surface area contributed by atoms with Crippen LogP contribution in [0.2, 0.25) is 0 Å². The number of hydrogen-bond donors (Lipinski definition) is 4. The summed E-state index contributed by atoms with van der Waals surface area (Å²) in [7, 11) is 0. The Morgan fingerprint density at radius 1 is 1.44 bits per heavy atom. The van der Waals surface area contributed by atoms with Gasteiger partial charge < -0.3 is 21.7 Å². The number of piperidine rings is 1. The van der Waals surface area contributed by atoms with Crippen molar-refractivity contribution in [3.63, 3.8) is 0 Å². The number of carbonyl (C=O) groups excluding carboxylic acids is 1. The summed E-state index contributed by atoms with van der Waals surface area (Å²) in [5.41, 5.74) is 12.7. The highest BCUT2D eigenvalue weighted by atomic mass is 35.5. The monoisotopic (exact) mass is 501 g/mol. The van der Waals surface area contributed by atoms with Gasteiger partial charge in [-0.2, -0.15) is 10.2 Å². The van der Waals surface area contributed by atoms with Crippen LogP contribution in [0.5, 0.6) is 0 Å². The zero-order valence-electron chi connectivity index (χ0n) is 18.9. The molecule has 180 valence electrons. The highest BCUT2D eigenvalue weighted by molar-refractivity contribution is 8.00. The van der Waals surface area contributed by atoms with E-state index < -0.39 is 0 Å². The number of nitrogens with one attached hydrogen (secondary N) is 2. The Balaban J connectivity index is 1.80. The van der Waals surface area contributed by atoms with Gasteiger partial charge in [0.15, 0.2) is 0 Å². The third-order valence-corrected chi connectivity index (χ3v) is 6.72. The average Bonchev–Trinajstić information content (AvgIpc) is 3.63. The minimum Gasteiger partial charge on any atom is -0.403 e. The Bertz CT molecular complexity index is 1070. The minimum absolute atomic E-state index is 0.0124. The molecule has 1 aliphatic carbocycles. The summed E-state index contributed by atoms with van der Waals surface area (Å²) in [5, 5.41) is 20.5. The molecule has 0 spiro atoms. The molecule has 1 aromatic rings. The summed E-state index contributed by atoms with van der Waals surface area (Å²) >= 11 is 7.40. The summed E-state index contributed by atoms with van der Waals surface area (Å²) in [6, 6.07) is 2.06. The SMILES string of the molecule is CCN=CC(=CN)Nc1nc(N)c(C(=N)Cl)c(S[C@@H]2CCCN(C(=O)/C(C#N)=C/C3CC3)C2)n1. The minimum atomic E-state index is -0.267. The van der Waals surface area contributed by atoms with Gasteiger partial charge in [-0.1, -0.05) is 17.7 Å². The number of nitrogens with zero attached hydrogens (tertiary/aromatic N) is 5. The maximum absolute atomic E-state index is 12.9. The fourth-order valence-corrected chi connectivity index (χ4v) is 5.00. The molecule has 2 fully saturated rings. The Kier molecular flexibility index (Phi) is 8.90. The molecule has 0 unspecified atom stereocenters. The lowest BCUT2D eigenvalue weighted by Crippen LogP contribution is -2.41. The van der Waals surface area contributed by atoms with Crippen molar-refractivity contribution in [3.05, 3.63) is 29.1 Å². The molecule has 1 aromatic heterocycles. The normalized spacial score (nSPS) is 19.2. The van der Waals surface area contributed by atoms with E-state index in [-0.39, 0.29) is 39.2 Å². The molecule has 3 rings (SSSR count). The van der Waals surface area contributed by atoms with Crippen molar-refractivity contribution < 1.29 is 4.79 Å². The smallest absolute Gasteiger partial charge is 0.264 e. The van der Waals surface area contributed by atoms with Gasteiger partial charge in [0, 0.05) is 37.3 Å². The second kappa shape index (κ2) is 11.9. The standard InChI is InChI=1S/C22H28ClN9OS/c1-2-28-11-15(10-25)29-22-30-19(27)17(18(23)26)20(31-22)34-16-4-3-7-32(12-16)21(33)14(9-24)8-13-5-6-13/h8,10-11,13,16,26H,2-7,12,25H2,1H3,(H3,27,29,30,31)/b14-8+,15-10?,26-18?,28-11?/t16-/m1/s1. The summed E-state index contributed by atoms with van der Waals surface area (Å²) in [4.78, 5) is 27.5. The van der Waals surface area contributed by atoms with Gasteiger partial charge in [-0.25, -0.2) is 4.98 Å². The maximum atomic E-state index is 12.9. The number of amides is 1. The average molecular weight is 502 g/mol. The summed E-state index contributed by atoms with van der Waals surface area (Å²) in [5.74, 6) is 0.369. The quantitative estimate of drug-likeness (QED) is 0.173. The largest absolute Gasteiger partial charge is 0.403 e. The number of nitriles is 1. The van der Waals surface area contributed by atoms with E-state index in [2.05, 4.69) is 26.3 Å². The number of aliphatic imine (C=N–C) groups is 1. The topological polar surface area (TPSA) is 170 Å². The van der Waals surface area contributed by atoms with E-state index in [0.717, 1.165) is 25.7 Å². The predicted molar refractivity (Wildman–Crippen MR) is 136 cm³/mol. The van der Waals surface area contributed by atoms with Crippen molar-refractivity contribution in [1.82, 2.24) is 14.9 Å². The first kappa shape index (κ1) is 25.5. The van der Waals surface area contributed by atoms with Gasteiger partial charge in [-0.3, -0.25) is 15.2 Å². The third kappa shape index (κ3) is 6.71. The first-order chi connectivity index (χ1) is 16.4. The van der Waals surface area contributed by atoms with Crippen LogP contribution in [0.25, 0.3) is 0 Å². The zero-order valence-corrected chi connectivity index (χ0v) is 20.5. The van der Waals surface area contributed by atoms with E-state index in [1.54, 1.807) is 17.2 Å². The van der Waals surface area contributed by atoms with Gasteiger partial charge >= 0.3 is 0 Å². The van der Waals surface area contributed by atoms with Crippen molar-refractivity contribution in [3.8, 4) is 6.07 Å². The molecule has 0 bridgehead atoms. The summed E-state index contributed by atoms with van der Waals surface area (Å²) in [6.07, 6.45) is 8.38. The Labute approximate surface area is 208 Å². The number of nitrogen functional groups attached to an aromatic ring is 1. The van der Waals surface area contributed by atoms with Crippen molar-refractivity contribution >= 4 is 52.4 Å². The lowest BCUT2D eigenvalue weighted by molar-refractivity contribution is -0.127. The molecule has 1 aliphatic heterocycles. The molecule has 6 N–H and O–H groups in total. The molecule has 2 heterocycles. The van der Waals surface area contributed by atoms with Crippen molar-refractivity contribution in [2.24, 2.45) is 16.6 Å². The van der Waals surface area contributed by atoms with Crippen molar-refractivity contribution in [1.29, 1.82) is 10.7 Å². The van der Waals surface area contributed by atoms with Crippen LogP contribution < -0.4 is 16.8 Å². The first-order valence-electron chi connectivity index (χ1n) is 11.0. The Morgan fingerprint density at radius 2 is 2.21 bits per heavy atom. The fourth-order valence-electron chi connectivity index (χ4n) is 3.44. The predicted octanol–water partition coefficient (Wildman–Crippen LogP) is 2.87. The number of likely N-dealkylation sites (tertiary alicyclic amines) is 1. The number of thioether (sulfide) groups is 1. The van der Waals surface area contributed by atoms with Crippen LogP contribution in [0.15, 0.2) is 33.6 Å². The highest BCUT2D eigenvalue weighted by Gasteiger charge is 2.30. The van der Waals surface area contributed by atoms with Gasteiger partial charge in [0.05, 0.1) is 11.3 Å². The third-order valence-electron chi connectivity index (χ3n) is 5.29. The lowest BCUT2D eigenvalue weighted by atomic mass is 10.1. The van der Waals surface area contributed by atoms with E-state index in [1.807, 2.05) is 6.92 Å². The van der Waals surface area contributed by atoms with Crippen molar-refractivity contribution in [2.45, 2.75) is 42.9 Å². The van der Waals surface area contributed by atoms with Crippen LogP contribution in [0.3, 0.4) is 0 Å². The summed E-state index contributed by atoms with van der Waals surface area (Å²) in [6.45, 7) is 3.53. The van der Waals surface area contributed by atoms with E-state index in [9.17, 15) is 10.1 Å². The molecule has 1 saturated carbocycles. The number of allylic oxidation sites excluding steroid dienone is 2. The molecule has 10 nitrogen and oxygen atoms in total. The number of rotatable bonds is 9. The molecule has 1 amide bonds. The molecule has 12 heteroatoms. The maximum Gasteiger partial charge on any atom is 0.264 e. The number of carbonyl (C=O) groups is 1. The van der Waals surface area contributed by atoms with Crippen LogP contribution in [-0.2, 0) is 4.79 Å². The van der Waals surface area contributed by atoms with E-state index in [4.69, 9.17) is 28.5 Å². The van der Waals surface area contributed by atoms with Gasteiger partial charge in [-0.05, 0) is 38.5 Å². The Morgan fingerprint density at radius 3 is 2.82 bits per heavy atom. The van der Waals surface area contributed by atoms with Gasteiger partial charge in [0.25, 0.3) is 5.91 Å². The lowest BCUT2D eigenvalue weighted by Gasteiger charge is -2.32. The molecule has 1 atom stereocenters. The number of halogens is 1. The highest BCUT2D eigenvalue weighted by Crippen LogP contribution is 2.35. The van der Waals surface area contributed by atoms with Gasteiger partial charge in [0.1, 0.15) is 27.7 Å². The number of hydrogen-bond acceptors (Lipinski definition) is 10.